The number of carbonyl (C=O) groups is 2. The summed E-state index contributed by atoms with van der Waals surface area (Å²) in [6, 6.07) is 10.3. The lowest BCUT2D eigenvalue weighted by atomic mass is 10.1. The van der Waals surface area contributed by atoms with Crippen molar-refractivity contribution in [2.24, 2.45) is 0 Å². The summed E-state index contributed by atoms with van der Waals surface area (Å²) in [5.74, 6) is 0.226. The third-order valence-electron chi connectivity index (χ3n) is 4.10. The van der Waals surface area contributed by atoms with Crippen LogP contribution in [0.1, 0.15) is 18.4 Å². The molecule has 1 aliphatic heterocycles. The number of aryl methyl sites for hydroxylation is 1. The van der Waals surface area contributed by atoms with E-state index in [0.717, 1.165) is 24.2 Å². The molecular formula is C19H18Cl2N2O3. The Morgan fingerprint density at radius 1 is 1.23 bits per heavy atom. The summed E-state index contributed by atoms with van der Waals surface area (Å²) < 4.78 is 5.42. The van der Waals surface area contributed by atoms with Crippen molar-refractivity contribution in [1.29, 1.82) is 0 Å². The Bertz CT molecular complexity index is 855. The van der Waals surface area contributed by atoms with Crippen molar-refractivity contribution >= 4 is 46.4 Å². The zero-order valence-electron chi connectivity index (χ0n) is 14.2. The third kappa shape index (κ3) is 4.29. The zero-order valence-corrected chi connectivity index (χ0v) is 15.7. The fraction of sp³-hybridized carbons (Fsp3) is 0.263. The van der Waals surface area contributed by atoms with Crippen LogP contribution in [0.4, 0.5) is 11.4 Å². The molecule has 0 unspecified atom stereocenters. The van der Waals surface area contributed by atoms with Gasteiger partial charge in [-0.3, -0.25) is 9.59 Å². The van der Waals surface area contributed by atoms with Gasteiger partial charge in [-0.1, -0.05) is 23.2 Å². The Morgan fingerprint density at radius 2 is 2.04 bits per heavy atom. The number of halogens is 2. The van der Waals surface area contributed by atoms with Gasteiger partial charge < -0.3 is 15.0 Å². The summed E-state index contributed by atoms with van der Waals surface area (Å²) in [4.78, 5) is 25.8. The fourth-order valence-electron chi connectivity index (χ4n) is 2.87. The van der Waals surface area contributed by atoms with Crippen LogP contribution in [0.25, 0.3) is 0 Å². The van der Waals surface area contributed by atoms with Crippen molar-refractivity contribution < 1.29 is 14.3 Å². The summed E-state index contributed by atoms with van der Waals surface area (Å²) in [5, 5.41) is 3.62. The van der Waals surface area contributed by atoms with Gasteiger partial charge in [0.15, 0.2) is 6.61 Å². The molecule has 2 aromatic carbocycles. The molecule has 1 saturated heterocycles. The van der Waals surface area contributed by atoms with Crippen LogP contribution in [0.2, 0.25) is 10.0 Å². The predicted octanol–water partition coefficient (Wildman–Crippen LogP) is 4.45. The monoisotopic (exact) mass is 392 g/mol. The minimum Gasteiger partial charge on any atom is -0.482 e. The van der Waals surface area contributed by atoms with Crippen molar-refractivity contribution in [3.8, 4) is 5.75 Å². The molecule has 0 aliphatic carbocycles. The number of nitrogens with one attached hydrogen (secondary N) is 1. The highest BCUT2D eigenvalue weighted by molar-refractivity contribution is 6.35. The number of ether oxygens (including phenoxy) is 1. The molecule has 1 fully saturated rings. The smallest absolute Gasteiger partial charge is 0.262 e. The van der Waals surface area contributed by atoms with E-state index in [2.05, 4.69) is 5.32 Å². The van der Waals surface area contributed by atoms with E-state index in [-0.39, 0.29) is 18.4 Å². The van der Waals surface area contributed by atoms with Crippen molar-refractivity contribution in [2.45, 2.75) is 19.8 Å². The molecule has 0 bridgehead atoms. The van der Waals surface area contributed by atoms with Crippen molar-refractivity contribution in [3.05, 3.63) is 52.0 Å². The largest absolute Gasteiger partial charge is 0.482 e. The van der Waals surface area contributed by atoms with Gasteiger partial charge in [0.25, 0.3) is 5.91 Å². The Morgan fingerprint density at radius 3 is 2.69 bits per heavy atom. The number of anilines is 2. The van der Waals surface area contributed by atoms with Gasteiger partial charge in [-0.25, -0.2) is 0 Å². The van der Waals surface area contributed by atoms with Crippen LogP contribution in [-0.2, 0) is 9.59 Å². The van der Waals surface area contributed by atoms with Crippen LogP contribution in [-0.4, -0.2) is 25.0 Å². The van der Waals surface area contributed by atoms with Crippen LogP contribution in [0, 0.1) is 6.92 Å². The Labute approximate surface area is 161 Å². The first-order valence-corrected chi connectivity index (χ1v) is 8.98. The van der Waals surface area contributed by atoms with E-state index >= 15 is 0 Å². The van der Waals surface area contributed by atoms with Crippen LogP contribution >= 0.6 is 23.2 Å². The number of hydrogen-bond acceptors (Lipinski definition) is 3. The minimum atomic E-state index is -0.305. The highest BCUT2D eigenvalue weighted by Crippen LogP contribution is 2.28. The number of nitrogens with zero attached hydrogens (tertiary/aromatic N) is 1. The van der Waals surface area contributed by atoms with E-state index in [1.54, 1.807) is 29.2 Å². The summed E-state index contributed by atoms with van der Waals surface area (Å²) in [5.41, 5.74) is 2.46. The first kappa shape index (κ1) is 18.5. The fourth-order valence-corrected chi connectivity index (χ4v) is 3.33. The number of hydrogen-bond donors (Lipinski definition) is 1. The number of carbonyl (C=O) groups excluding carboxylic acids is 2. The molecule has 26 heavy (non-hydrogen) atoms. The molecule has 0 saturated carbocycles. The van der Waals surface area contributed by atoms with E-state index in [1.165, 1.54) is 0 Å². The SMILES string of the molecule is Cc1cc(NC(=O)COc2ccc(Cl)cc2Cl)ccc1N1CCCC1=O. The lowest BCUT2D eigenvalue weighted by molar-refractivity contribution is -0.118. The van der Waals surface area contributed by atoms with Gasteiger partial charge >= 0.3 is 0 Å². The number of rotatable bonds is 5. The molecule has 0 atom stereocenters. The molecular weight excluding hydrogens is 375 g/mol. The second-order valence-electron chi connectivity index (χ2n) is 6.06. The van der Waals surface area contributed by atoms with Crippen LogP contribution in [0.3, 0.4) is 0 Å². The third-order valence-corrected chi connectivity index (χ3v) is 4.63. The molecule has 1 aliphatic rings. The molecule has 1 N–H and O–H groups in total. The van der Waals surface area contributed by atoms with Crippen molar-refractivity contribution in [2.75, 3.05) is 23.4 Å². The van der Waals surface area contributed by atoms with Gasteiger partial charge in [0.2, 0.25) is 5.91 Å². The quantitative estimate of drug-likeness (QED) is 0.817. The average Bonchev–Trinajstić information content (AvgIpc) is 3.00. The Hall–Kier alpha value is -2.24. The highest BCUT2D eigenvalue weighted by Gasteiger charge is 2.23. The molecule has 2 aromatic rings. The van der Waals surface area contributed by atoms with Gasteiger partial charge in [-0.05, 0) is 55.3 Å². The van der Waals surface area contributed by atoms with Gasteiger partial charge in [0.05, 0.1) is 5.02 Å². The molecule has 7 heteroatoms. The molecule has 1 heterocycles. The average molecular weight is 393 g/mol. The lowest BCUT2D eigenvalue weighted by Gasteiger charge is -2.19. The zero-order chi connectivity index (χ0) is 18.7. The van der Waals surface area contributed by atoms with Gasteiger partial charge in [-0.2, -0.15) is 0 Å². The van der Waals surface area contributed by atoms with Crippen LogP contribution in [0.15, 0.2) is 36.4 Å². The van der Waals surface area contributed by atoms with E-state index < -0.39 is 0 Å². The van der Waals surface area contributed by atoms with Crippen LogP contribution in [0.5, 0.6) is 5.75 Å². The molecule has 2 amide bonds. The maximum absolute atomic E-state index is 12.1. The first-order valence-electron chi connectivity index (χ1n) is 8.23. The second-order valence-corrected chi connectivity index (χ2v) is 6.91. The Balaban J connectivity index is 1.60. The molecule has 0 aromatic heterocycles. The summed E-state index contributed by atoms with van der Waals surface area (Å²) in [7, 11) is 0. The van der Waals surface area contributed by atoms with Gasteiger partial charge in [-0.15, -0.1) is 0 Å². The van der Waals surface area contributed by atoms with E-state index in [4.69, 9.17) is 27.9 Å². The van der Waals surface area contributed by atoms with E-state index in [0.29, 0.717) is 27.9 Å². The van der Waals surface area contributed by atoms with Crippen molar-refractivity contribution in [1.82, 2.24) is 0 Å². The first-order chi connectivity index (χ1) is 12.4. The molecule has 5 nitrogen and oxygen atoms in total. The van der Waals surface area contributed by atoms with Gasteiger partial charge in [0.1, 0.15) is 5.75 Å². The Kier molecular flexibility index (Phi) is 5.69. The van der Waals surface area contributed by atoms with Crippen molar-refractivity contribution in [3.63, 3.8) is 0 Å². The second kappa shape index (κ2) is 7.98. The topological polar surface area (TPSA) is 58.6 Å². The number of benzene rings is 2. The summed E-state index contributed by atoms with van der Waals surface area (Å²) >= 11 is 11.8. The molecule has 3 rings (SSSR count). The maximum atomic E-state index is 12.1. The highest BCUT2D eigenvalue weighted by atomic mass is 35.5. The van der Waals surface area contributed by atoms with E-state index in [9.17, 15) is 9.59 Å². The van der Waals surface area contributed by atoms with E-state index in [1.807, 2.05) is 19.1 Å². The normalized spacial score (nSPS) is 13.8. The molecule has 0 radical (unpaired) electrons. The maximum Gasteiger partial charge on any atom is 0.262 e. The van der Waals surface area contributed by atoms with Crippen LogP contribution < -0.4 is 15.0 Å². The number of amides is 2. The minimum absolute atomic E-state index is 0.137. The molecule has 0 spiro atoms. The predicted molar refractivity (Wildman–Crippen MR) is 103 cm³/mol. The molecule has 136 valence electrons. The summed E-state index contributed by atoms with van der Waals surface area (Å²) in [6.45, 7) is 2.48. The lowest BCUT2D eigenvalue weighted by Crippen LogP contribution is -2.24. The van der Waals surface area contributed by atoms with Gasteiger partial charge in [0, 0.05) is 29.4 Å². The standard InChI is InChI=1S/C19H18Cl2N2O3/c1-12-9-14(5-6-16(12)23-8-2-3-19(23)25)22-18(24)11-26-17-7-4-13(20)10-15(17)21/h4-7,9-10H,2-3,8,11H2,1H3,(H,22,24). The summed E-state index contributed by atoms with van der Waals surface area (Å²) in [6.07, 6.45) is 1.46.